The molecule has 1 fully saturated rings. The van der Waals surface area contributed by atoms with E-state index in [1.54, 1.807) is 0 Å². The molecule has 3 aliphatic rings. The molecule has 1 unspecified atom stereocenters. The minimum Gasteiger partial charge on any atom is -0.456 e. The van der Waals surface area contributed by atoms with E-state index in [0.717, 1.165) is 66.4 Å². The van der Waals surface area contributed by atoms with E-state index in [2.05, 4.69) is 84.0 Å². The number of hydrogen-bond donors (Lipinski definition) is 0. The minimum absolute atomic E-state index is 0. The summed E-state index contributed by atoms with van der Waals surface area (Å²) in [5.41, 5.74) is 4.66. The van der Waals surface area contributed by atoms with Crippen molar-refractivity contribution in [2.45, 2.75) is 126 Å². The molecule has 4 nitrogen and oxygen atoms in total. The zero-order chi connectivity index (χ0) is 32.6. The van der Waals surface area contributed by atoms with Crippen LogP contribution in [-0.2, 0) is 9.47 Å². The molecule has 1 atom stereocenters. The van der Waals surface area contributed by atoms with E-state index >= 15 is 0 Å². The van der Waals surface area contributed by atoms with Crippen LogP contribution in [0.2, 0.25) is 0 Å². The lowest BCUT2D eigenvalue weighted by molar-refractivity contribution is 0.0348. The quantitative estimate of drug-likeness (QED) is 0.236. The van der Waals surface area contributed by atoms with E-state index in [4.69, 9.17) is 14.2 Å². The summed E-state index contributed by atoms with van der Waals surface area (Å²) in [6.45, 7) is 17.7. The standard InChI is InChI=1S/C39H50O4.C2H6.H2/c1-7-27(8-2)29-16-18-31-33(25-29)42-34-26-30(28(9-3)10-4)17-19-32(34)36(31)38(6)20-13-12-15-35(38)43-37(40)41-24-23-39(11-5)21-14-22-39;1-2;/h12-13,15-19,25-27H,7-11,14,20-24H2,1-6H3;1-2H3;1H. The van der Waals surface area contributed by atoms with Crippen molar-refractivity contribution in [1.29, 1.82) is 0 Å². The molecular formula is C41H58O4. The van der Waals surface area contributed by atoms with Crippen LogP contribution in [0.4, 0.5) is 4.79 Å². The molecule has 4 heteroatoms. The number of fused-ring (bicyclic) bond motifs is 2. The van der Waals surface area contributed by atoms with E-state index < -0.39 is 11.6 Å². The maximum Gasteiger partial charge on any atom is 0.513 e. The van der Waals surface area contributed by atoms with Gasteiger partial charge in [0.15, 0.2) is 0 Å². The monoisotopic (exact) mass is 614 g/mol. The summed E-state index contributed by atoms with van der Waals surface area (Å²) >= 11 is 0. The third kappa shape index (κ3) is 7.11. The Labute approximate surface area is 273 Å². The van der Waals surface area contributed by atoms with Crippen LogP contribution in [0, 0.1) is 10.8 Å². The van der Waals surface area contributed by atoms with Crippen LogP contribution in [-0.4, -0.2) is 12.8 Å². The van der Waals surface area contributed by atoms with Crippen LogP contribution in [0.5, 0.6) is 11.5 Å². The molecule has 0 N–H and O–H groups in total. The van der Waals surface area contributed by atoms with Gasteiger partial charge < -0.3 is 14.2 Å². The van der Waals surface area contributed by atoms with E-state index in [9.17, 15) is 4.79 Å². The molecule has 0 saturated heterocycles. The number of benzene rings is 2. The molecule has 45 heavy (non-hydrogen) atoms. The van der Waals surface area contributed by atoms with Gasteiger partial charge in [-0.15, -0.1) is 0 Å². The second kappa shape index (κ2) is 15.3. The Morgan fingerprint density at radius 3 is 2.33 bits per heavy atom. The fourth-order valence-corrected chi connectivity index (χ4v) is 7.44. The highest BCUT2D eigenvalue weighted by Crippen LogP contribution is 2.50. The van der Waals surface area contributed by atoms with Gasteiger partial charge in [0, 0.05) is 12.2 Å². The van der Waals surface area contributed by atoms with Gasteiger partial charge in [-0.3, -0.25) is 0 Å². The molecule has 1 aliphatic heterocycles. The topological polar surface area (TPSA) is 44.8 Å². The van der Waals surface area contributed by atoms with Crippen molar-refractivity contribution in [3.05, 3.63) is 81.9 Å². The molecular weight excluding hydrogens is 556 g/mol. The molecule has 1 heterocycles. The van der Waals surface area contributed by atoms with Gasteiger partial charge in [0.2, 0.25) is 0 Å². The number of rotatable bonds is 11. The normalized spacial score (nSPS) is 19.2. The molecule has 0 bridgehead atoms. The van der Waals surface area contributed by atoms with Gasteiger partial charge in [-0.1, -0.05) is 103 Å². The zero-order valence-corrected chi connectivity index (χ0v) is 29.2. The molecule has 0 amide bonds. The molecule has 2 aliphatic carbocycles. The van der Waals surface area contributed by atoms with Crippen LogP contribution in [0.25, 0.3) is 11.1 Å². The largest absolute Gasteiger partial charge is 0.513 e. The maximum atomic E-state index is 13.1. The predicted octanol–water partition coefficient (Wildman–Crippen LogP) is 11.1. The van der Waals surface area contributed by atoms with Crippen molar-refractivity contribution in [3.8, 4) is 11.5 Å². The fourth-order valence-electron chi connectivity index (χ4n) is 7.44. The first-order chi connectivity index (χ1) is 21.8. The molecule has 0 radical (unpaired) electrons. The molecule has 0 spiro atoms. The SMILES string of the molecule is CC.CCC(CC)=c1ccc2c(c1)Oc1cc(C(CC)CC)ccc1C=2C1(C)CC=CC=C1OC(=O)OCCC1(CC)CCC1.[HH]. The Bertz CT molecular complexity index is 1510. The van der Waals surface area contributed by atoms with Crippen LogP contribution in [0.15, 0.2) is 60.4 Å². The summed E-state index contributed by atoms with van der Waals surface area (Å²) in [5.74, 6) is 2.84. The Morgan fingerprint density at radius 1 is 0.978 bits per heavy atom. The molecule has 1 saturated carbocycles. The fraction of sp³-hybridized carbons (Fsp3) is 0.537. The Hall–Kier alpha value is -3.27. The summed E-state index contributed by atoms with van der Waals surface area (Å²) in [5, 5.41) is 2.27. The summed E-state index contributed by atoms with van der Waals surface area (Å²) in [6, 6.07) is 13.3. The first-order valence-electron chi connectivity index (χ1n) is 17.7. The maximum absolute atomic E-state index is 13.1. The van der Waals surface area contributed by atoms with Crippen LogP contribution in [0.1, 0.15) is 138 Å². The van der Waals surface area contributed by atoms with Gasteiger partial charge in [0.25, 0.3) is 0 Å². The molecule has 246 valence electrons. The number of hydrogen-bond acceptors (Lipinski definition) is 4. The number of carbonyl (C=O) groups excluding carboxylic acids is 1. The first kappa shape index (κ1) is 34.6. The molecule has 2 aromatic carbocycles. The van der Waals surface area contributed by atoms with E-state index in [0.29, 0.717) is 30.1 Å². The lowest BCUT2D eigenvalue weighted by atomic mass is 9.65. The van der Waals surface area contributed by atoms with Crippen molar-refractivity contribution < 1.29 is 20.4 Å². The molecule has 0 aromatic heterocycles. The second-order valence-corrected chi connectivity index (χ2v) is 12.9. The Balaban J connectivity index is 0.00000188. The van der Waals surface area contributed by atoms with Crippen molar-refractivity contribution in [3.63, 3.8) is 0 Å². The minimum atomic E-state index is -0.615. The number of allylic oxidation sites excluding steroid dienone is 4. The van der Waals surface area contributed by atoms with Gasteiger partial charge in [0.05, 0.1) is 12.0 Å². The summed E-state index contributed by atoms with van der Waals surface area (Å²) in [7, 11) is 0. The van der Waals surface area contributed by atoms with E-state index in [1.807, 2.05) is 26.0 Å². The van der Waals surface area contributed by atoms with Crippen LogP contribution < -0.4 is 15.2 Å². The number of carbonyl (C=O) groups is 1. The smallest absolute Gasteiger partial charge is 0.456 e. The van der Waals surface area contributed by atoms with Crippen molar-refractivity contribution in [2.75, 3.05) is 6.61 Å². The molecule has 5 rings (SSSR count). The van der Waals surface area contributed by atoms with Gasteiger partial charge in [-0.25, -0.2) is 4.79 Å². The van der Waals surface area contributed by atoms with Crippen molar-refractivity contribution >= 4 is 17.3 Å². The summed E-state index contributed by atoms with van der Waals surface area (Å²) < 4.78 is 18.5. The van der Waals surface area contributed by atoms with Gasteiger partial charge in [-0.2, -0.15) is 0 Å². The van der Waals surface area contributed by atoms with Crippen LogP contribution >= 0.6 is 0 Å². The van der Waals surface area contributed by atoms with Gasteiger partial charge in [-0.05, 0) is 104 Å². The Morgan fingerprint density at radius 2 is 1.71 bits per heavy atom. The van der Waals surface area contributed by atoms with Gasteiger partial charge in [0.1, 0.15) is 17.3 Å². The number of ether oxygens (including phenoxy) is 3. The average Bonchev–Trinajstić information content (AvgIpc) is 3.04. The van der Waals surface area contributed by atoms with E-state index in [-0.39, 0.29) is 1.43 Å². The third-order valence-electron chi connectivity index (χ3n) is 10.7. The highest BCUT2D eigenvalue weighted by molar-refractivity contribution is 5.81. The lowest BCUT2D eigenvalue weighted by Crippen LogP contribution is -2.33. The van der Waals surface area contributed by atoms with Crippen LogP contribution in [0.3, 0.4) is 0 Å². The van der Waals surface area contributed by atoms with Crippen molar-refractivity contribution in [1.82, 2.24) is 0 Å². The summed E-state index contributed by atoms with van der Waals surface area (Å²) in [6.07, 6.45) is 16.1. The highest BCUT2D eigenvalue weighted by Gasteiger charge is 2.41. The highest BCUT2D eigenvalue weighted by atomic mass is 16.7. The lowest BCUT2D eigenvalue weighted by Gasteiger charge is -2.41. The van der Waals surface area contributed by atoms with E-state index in [1.165, 1.54) is 35.6 Å². The van der Waals surface area contributed by atoms with Gasteiger partial charge >= 0.3 is 6.16 Å². The third-order valence-corrected chi connectivity index (χ3v) is 10.7. The molecule has 2 aromatic rings. The van der Waals surface area contributed by atoms with Crippen molar-refractivity contribution in [2.24, 2.45) is 10.8 Å². The Kier molecular flexibility index (Phi) is 11.8. The predicted molar refractivity (Wildman–Crippen MR) is 189 cm³/mol. The first-order valence-corrected chi connectivity index (χ1v) is 17.7. The zero-order valence-electron chi connectivity index (χ0n) is 29.2. The second-order valence-electron chi connectivity index (χ2n) is 12.9. The average molecular weight is 615 g/mol. The summed E-state index contributed by atoms with van der Waals surface area (Å²) in [4.78, 5) is 13.1.